The Morgan fingerprint density at radius 3 is 1.56 bits per heavy atom. The first-order valence-corrected chi connectivity index (χ1v) is 11.8. The molecule has 0 amide bonds. The topological polar surface area (TPSA) is 80.3 Å². The van der Waals surface area contributed by atoms with Crippen LogP contribution in [0.4, 0.5) is 0 Å². The van der Waals surface area contributed by atoms with Crippen LogP contribution < -0.4 is 14.2 Å². The number of hydrogen-bond acceptors (Lipinski definition) is 7. The highest BCUT2D eigenvalue weighted by atomic mass is 16.6. The van der Waals surface area contributed by atoms with E-state index in [1.807, 2.05) is 60.7 Å². The quantitative estimate of drug-likeness (QED) is 0.258. The lowest BCUT2D eigenvalue weighted by molar-refractivity contribution is -0.162. The summed E-state index contributed by atoms with van der Waals surface area (Å²) in [6.07, 6.45) is 1.04. The van der Waals surface area contributed by atoms with Crippen molar-refractivity contribution in [2.45, 2.75) is 19.3 Å². The number of benzene rings is 3. The zero-order chi connectivity index (χ0) is 25.8. The second-order valence-corrected chi connectivity index (χ2v) is 8.04. The molecule has 7 heteroatoms. The Balaban J connectivity index is 1.77. The fraction of sp³-hybridized carbons (Fsp3) is 0.310. The molecule has 36 heavy (non-hydrogen) atoms. The molecule has 0 N–H and O–H groups in total. The van der Waals surface area contributed by atoms with E-state index in [0.29, 0.717) is 35.7 Å². The van der Waals surface area contributed by atoms with Crippen molar-refractivity contribution in [3.63, 3.8) is 0 Å². The van der Waals surface area contributed by atoms with E-state index in [1.54, 1.807) is 12.1 Å². The van der Waals surface area contributed by atoms with Crippen LogP contribution in [0.15, 0.2) is 72.8 Å². The number of carbonyl (C=O) groups excluding carboxylic acids is 2. The standard InChI is InChI=1S/C29H32O7/c1-32-25-14-15-26(33-2)27(34-3)23(25)20-24(28(30)35-18-16-21-10-6-4-7-11-21)29(31)36-19-17-22-12-8-5-9-13-22/h4-15,24H,16-20H2,1-3H3. The molecule has 0 saturated heterocycles. The predicted molar refractivity (Wildman–Crippen MR) is 136 cm³/mol. The van der Waals surface area contributed by atoms with Gasteiger partial charge in [0.2, 0.25) is 0 Å². The Bertz CT molecular complexity index is 1060. The molecule has 7 nitrogen and oxygen atoms in total. The van der Waals surface area contributed by atoms with Crippen molar-refractivity contribution in [2.75, 3.05) is 34.5 Å². The van der Waals surface area contributed by atoms with Crippen molar-refractivity contribution in [1.82, 2.24) is 0 Å². The molecule has 0 saturated carbocycles. The Morgan fingerprint density at radius 1 is 0.639 bits per heavy atom. The van der Waals surface area contributed by atoms with Crippen LogP contribution in [-0.2, 0) is 38.3 Å². The van der Waals surface area contributed by atoms with Gasteiger partial charge in [0.1, 0.15) is 5.75 Å². The number of rotatable bonds is 13. The molecule has 3 rings (SSSR count). The van der Waals surface area contributed by atoms with Gasteiger partial charge in [0.15, 0.2) is 17.4 Å². The maximum absolute atomic E-state index is 13.1. The Morgan fingerprint density at radius 2 is 1.11 bits per heavy atom. The third-order valence-electron chi connectivity index (χ3n) is 5.76. The van der Waals surface area contributed by atoms with Gasteiger partial charge in [-0.25, -0.2) is 0 Å². The molecule has 0 unspecified atom stereocenters. The van der Waals surface area contributed by atoms with E-state index >= 15 is 0 Å². The van der Waals surface area contributed by atoms with E-state index in [4.69, 9.17) is 23.7 Å². The molecule has 0 fully saturated rings. The van der Waals surface area contributed by atoms with E-state index < -0.39 is 17.9 Å². The lowest BCUT2D eigenvalue weighted by Gasteiger charge is -2.20. The number of ether oxygens (including phenoxy) is 5. The lowest BCUT2D eigenvalue weighted by atomic mass is 9.97. The highest BCUT2D eigenvalue weighted by Gasteiger charge is 2.33. The predicted octanol–water partition coefficient (Wildman–Crippen LogP) is 4.44. The van der Waals surface area contributed by atoms with Crippen LogP contribution in [0.25, 0.3) is 0 Å². The average Bonchev–Trinajstić information content (AvgIpc) is 2.92. The van der Waals surface area contributed by atoms with Crippen molar-refractivity contribution in [3.8, 4) is 17.2 Å². The molecule has 0 aliphatic carbocycles. The third kappa shape index (κ3) is 7.25. The highest BCUT2D eigenvalue weighted by Crippen LogP contribution is 2.39. The van der Waals surface area contributed by atoms with Gasteiger partial charge in [-0.2, -0.15) is 0 Å². The molecule has 0 atom stereocenters. The summed E-state index contributed by atoms with van der Waals surface area (Å²) < 4.78 is 27.5. The molecular formula is C29H32O7. The van der Waals surface area contributed by atoms with E-state index in [-0.39, 0.29) is 19.6 Å². The molecule has 0 radical (unpaired) electrons. The Labute approximate surface area is 211 Å². The van der Waals surface area contributed by atoms with Crippen LogP contribution in [-0.4, -0.2) is 46.5 Å². The summed E-state index contributed by atoms with van der Waals surface area (Å²) in [5.41, 5.74) is 2.58. The largest absolute Gasteiger partial charge is 0.496 e. The lowest BCUT2D eigenvalue weighted by Crippen LogP contribution is -2.31. The van der Waals surface area contributed by atoms with Gasteiger partial charge in [-0.05, 0) is 23.3 Å². The molecule has 190 valence electrons. The summed E-state index contributed by atoms with van der Waals surface area (Å²) in [7, 11) is 4.52. The summed E-state index contributed by atoms with van der Waals surface area (Å²) in [5, 5.41) is 0. The van der Waals surface area contributed by atoms with Crippen molar-refractivity contribution in [1.29, 1.82) is 0 Å². The van der Waals surface area contributed by atoms with E-state index in [9.17, 15) is 9.59 Å². The third-order valence-corrected chi connectivity index (χ3v) is 5.76. The highest BCUT2D eigenvalue weighted by molar-refractivity contribution is 5.95. The zero-order valence-corrected chi connectivity index (χ0v) is 20.9. The van der Waals surface area contributed by atoms with Crippen molar-refractivity contribution < 1.29 is 33.3 Å². The molecule has 0 aliphatic heterocycles. The summed E-state index contributed by atoms with van der Waals surface area (Å²) in [4.78, 5) is 26.3. The second-order valence-electron chi connectivity index (χ2n) is 8.04. The molecule has 0 aromatic heterocycles. The fourth-order valence-electron chi connectivity index (χ4n) is 3.85. The number of carbonyl (C=O) groups is 2. The first-order valence-electron chi connectivity index (χ1n) is 11.8. The van der Waals surface area contributed by atoms with Crippen LogP contribution in [0.5, 0.6) is 17.2 Å². The second kappa shape index (κ2) is 13.8. The minimum atomic E-state index is -1.20. The Hall–Kier alpha value is -4.00. The maximum atomic E-state index is 13.1. The monoisotopic (exact) mass is 492 g/mol. The average molecular weight is 493 g/mol. The zero-order valence-electron chi connectivity index (χ0n) is 20.9. The van der Waals surface area contributed by atoms with Crippen LogP contribution >= 0.6 is 0 Å². The molecular weight excluding hydrogens is 460 g/mol. The Kier molecular flexibility index (Phi) is 10.2. The van der Waals surface area contributed by atoms with Gasteiger partial charge in [0.05, 0.1) is 34.5 Å². The number of methoxy groups -OCH3 is 3. The molecule has 0 aliphatic rings. The van der Waals surface area contributed by atoms with Gasteiger partial charge in [0, 0.05) is 24.8 Å². The minimum absolute atomic E-state index is 0.0299. The van der Waals surface area contributed by atoms with Crippen molar-refractivity contribution in [3.05, 3.63) is 89.5 Å². The molecule has 3 aromatic rings. The SMILES string of the molecule is COc1ccc(OC)c(OC)c1CC(C(=O)OCCc1ccccc1)C(=O)OCCc1ccccc1. The maximum Gasteiger partial charge on any atom is 0.320 e. The van der Waals surface area contributed by atoms with Crippen LogP contribution in [0, 0.1) is 5.92 Å². The minimum Gasteiger partial charge on any atom is -0.496 e. The summed E-state index contributed by atoms with van der Waals surface area (Å²) >= 11 is 0. The molecule has 0 bridgehead atoms. The normalized spacial score (nSPS) is 10.6. The van der Waals surface area contributed by atoms with Gasteiger partial charge in [-0.15, -0.1) is 0 Å². The van der Waals surface area contributed by atoms with E-state index in [0.717, 1.165) is 11.1 Å². The summed E-state index contributed by atoms with van der Waals surface area (Å²) in [6.45, 7) is 0.284. The van der Waals surface area contributed by atoms with Crippen LogP contribution in [0.2, 0.25) is 0 Å². The molecule has 3 aromatic carbocycles. The fourth-order valence-corrected chi connectivity index (χ4v) is 3.85. The van der Waals surface area contributed by atoms with Crippen molar-refractivity contribution in [2.24, 2.45) is 5.92 Å². The first kappa shape index (κ1) is 26.6. The van der Waals surface area contributed by atoms with Gasteiger partial charge in [-0.1, -0.05) is 60.7 Å². The smallest absolute Gasteiger partial charge is 0.320 e. The van der Waals surface area contributed by atoms with Gasteiger partial charge >= 0.3 is 11.9 Å². The molecule has 0 spiro atoms. The first-order chi connectivity index (χ1) is 17.6. The summed E-state index contributed by atoms with van der Waals surface area (Å²) in [6, 6.07) is 22.8. The van der Waals surface area contributed by atoms with Gasteiger partial charge < -0.3 is 23.7 Å². The van der Waals surface area contributed by atoms with Crippen molar-refractivity contribution >= 4 is 11.9 Å². The number of hydrogen-bond donors (Lipinski definition) is 0. The van der Waals surface area contributed by atoms with Gasteiger partial charge in [0.25, 0.3) is 0 Å². The molecule has 0 heterocycles. The summed E-state index contributed by atoms with van der Waals surface area (Å²) in [5.74, 6) is -1.22. The van der Waals surface area contributed by atoms with Crippen LogP contribution in [0.1, 0.15) is 16.7 Å². The van der Waals surface area contributed by atoms with E-state index in [1.165, 1.54) is 21.3 Å². The van der Waals surface area contributed by atoms with Crippen LogP contribution in [0.3, 0.4) is 0 Å². The van der Waals surface area contributed by atoms with E-state index in [2.05, 4.69) is 0 Å². The van der Waals surface area contributed by atoms with Gasteiger partial charge in [-0.3, -0.25) is 9.59 Å². The number of esters is 2.